The quantitative estimate of drug-likeness (QED) is 0.441. The minimum absolute atomic E-state index is 0.549. The van der Waals surface area contributed by atoms with Crippen LogP contribution in [0.1, 0.15) is 18.6 Å². The van der Waals surface area contributed by atoms with E-state index in [1.165, 1.54) is 14.0 Å². The van der Waals surface area contributed by atoms with E-state index in [0.29, 0.717) is 11.3 Å². The van der Waals surface area contributed by atoms with Crippen LogP contribution in [0.3, 0.4) is 0 Å². The van der Waals surface area contributed by atoms with Crippen molar-refractivity contribution in [1.29, 1.82) is 0 Å². The molecule has 24 heavy (non-hydrogen) atoms. The molecule has 2 rings (SSSR count). The normalized spacial score (nSPS) is 33.0. The molecule has 1 aliphatic rings. The van der Waals surface area contributed by atoms with Crippen LogP contribution < -0.4 is 4.74 Å². The molecule has 5 N–H and O–H groups in total. The van der Waals surface area contributed by atoms with Crippen molar-refractivity contribution in [2.75, 3.05) is 13.7 Å². The number of ether oxygens (including phenoxy) is 3. The second-order valence-electron chi connectivity index (χ2n) is 5.77. The lowest BCUT2D eigenvalue weighted by Crippen LogP contribution is -2.59. The van der Waals surface area contributed by atoms with Gasteiger partial charge in [0.2, 0.25) is 0 Å². The van der Waals surface area contributed by atoms with Gasteiger partial charge in [0, 0.05) is 0 Å². The predicted molar refractivity (Wildman–Crippen MR) is 82.3 cm³/mol. The van der Waals surface area contributed by atoms with E-state index in [1.54, 1.807) is 24.3 Å². The molecule has 0 bridgehead atoms. The van der Waals surface area contributed by atoms with Gasteiger partial charge in [-0.1, -0.05) is 12.1 Å². The molecule has 1 heterocycles. The van der Waals surface area contributed by atoms with Gasteiger partial charge < -0.3 is 39.7 Å². The second kappa shape index (κ2) is 8.21. The molecule has 0 aromatic heterocycles. The first-order valence-corrected chi connectivity index (χ1v) is 7.67. The van der Waals surface area contributed by atoms with Crippen LogP contribution in [0, 0.1) is 0 Å². The van der Waals surface area contributed by atoms with E-state index in [2.05, 4.69) is 0 Å². The van der Waals surface area contributed by atoms with Gasteiger partial charge in [-0.05, 0) is 24.6 Å². The highest BCUT2D eigenvalue weighted by molar-refractivity contribution is 5.29. The van der Waals surface area contributed by atoms with Crippen molar-refractivity contribution in [2.45, 2.75) is 49.8 Å². The number of hydrogen-bond donors (Lipinski definition) is 5. The molecule has 0 aliphatic carbocycles. The second-order valence-corrected chi connectivity index (χ2v) is 5.77. The van der Waals surface area contributed by atoms with Crippen LogP contribution in [-0.2, 0) is 9.47 Å². The van der Waals surface area contributed by atoms with E-state index in [0.717, 1.165) is 0 Å². The molecule has 1 aromatic carbocycles. The summed E-state index contributed by atoms with van der Waals surface area (Å²) in [5.41, 5.74) is 0.614. The van der Waals surface area contributed by atoms with E-state index in [1.807, 2.05) is 0 Å². The summed E-state index contributed by atoms with van der Waals surface area (Å²) in [5.74, 6) is 0.635. The molecular weight excluding hydrogens is 320 g/mol. The van der Waals surface area contributed by atoms with E-state index >= 15 is 0 Å². The first-order chi connectivity index (χ1) is 11.4. The summed E-state index contributed by atoms with van der Waals surface area (Å²) < 4.78 is 16.0. The fourth-order valence-corrected chi connectivity index (χ4v) is 2.59. The highest BCUT2D eigenvalue weighted by atomic mass is 16.7. The first kappa shape index (κ1) is 19.1. The van der Waals surface area contributed by atoms with E-state index < -0.39 is 49.5 Å². The molecule has 0 radical (unpaired) electrons. The highest BCUT2D eigenvalue weighted by Crippen LogP contribution is 2.30. The monoisotopic (exact) mass is 344 g/mol. The predicted octanol–water partition coefficient (Wildman–Crippen LogP) is -1.07. The van der Waals surface area contributed by atoms with Crippen molar-refractivity contribution in [2.24, 2.45) is 0 Å². The van der Waals surface area contributed by atoms with E-state index in [9.17, 15) is 25.5 Å². The molecular formula is C16H24O8. The number of aliphatic hydroxyl groups excluding tert-OH is 5. The molecule has 1 aliphatic heterocycles. The minimum atomic E-state index is -1.54. The lowest BCUT2D eigenvalue weighted by Gasteiger charge is -2.41. The number of methoxy groups -OCH3 is 1. The Morgan fingerprint density at radius 1 is 1.08 bits per heavy atom. The van der Waals surface area contributed by atoms with Gasteiger partial charge in [-0.15, -0.1) is 0 Å². The van der Waals surface area contributed by atoms with E-state index in [4.69, 9.17) is 14.2 Å². The van der Waals surface area contributed by atoms with Gasteiger partial charge in [-0.3, -0.25) is 0 Å². The van der Waals surface area contributed by atoms with Crippen molar-refractivity contribution >= 4 is 0 Å². The van der Waals surface area contributed by atoms with Gasteiger partial charge in [0.15, 0.2) is 6.29 Å². The van der Waals surface area contributed by atoms with Crippen LogP contribution in [0.2, 0.25) is 0 Å². The van der Waals surface area contributed by atoms with Gasteiger partial charge in [-0.2, -0.15) is 0 Å². The zero-order valence-corrected chi connectivity index (χ0v) is 13.5. The Balaban J connectivity index is 2.17. The summed E-state index contributed by atoms with van der Waals surface area (Å²) >= 11 is 0. The SMILES string of the molecule is COc1ccc([C@H](O[C@H]2O[C@@H](CO)[C@H](O)[C@@H](O)[C@@H]2O)[C@H](C)O)cc1. The Kier molecular flexibility index (Phi) is 6.53. The van der Waals surface area contributed by atoms with Gasteiger partial charge in [0.05, 0.1) is 19.8 Å². The average Bonchev–Trinajstić information content (AvgIpc) is 2.59. The topological polar surface area (TPSA) is 129 Å². The molecule has 136 valence electrons. The number of aliphatic hydroxyl groups is 5. The lowest BCUT2D eigenvalue weighted by molar-refractivity contribution is -0.317. The maximum atomic E-state index is 10.0. The van der Waals surface area contributed by atoms with Crippen molar-refractivity contribution in [3.05, 3.63) is 29.8 Å². The minimum Gasteiger partial charge on any atom is -0.497 e. The van der Waals surface area contributed by atoms with Crippen molar-refractivity contribution in [3.8, 4) is 5.75 Å². The molecule has 1 aromatic rings. The third kappa shape index (κ3) is 4.04. The molecule has 0 unspecified atom stereocenters. The Bertz CT molecular complexity index is 503. The van der Waals surface area contributed by atoms with Gasteiger partial charge >= 0.3 is 0 Å². The van der Waals surface area contributed by atoms with Crippen molar-refractivity contribution < 1.29 is 39.7 Å². The smallest absolute Gasteiger partial charge is 0.187 e. The molecule has 0 saturated carbocycles. The summed E-state index contributed by atoms with van der Waals surface area (Å²) in [6.07, 6.45) is -8.70. The molecule has 1 fully saturated rings. The number of benzene rings is 1. The van der Waals surface area contributed by atoms with Crippen LogP contribution in [0.5, 0.6) is 5.75 Å². The zero-order valence-electron chi connectivity index (χ0n) is 13.5. The maximum absolute atomic E-state index is 10.0. The Hall–Kier alpha value is -1.26. The lowest BCUT2D eigenvalue weighted by atomic mass is 9.99. The van der Waals surface area contributed by atoms with Gasteiger partial charge in [0.1, 0.15) is 36.3 Å². The number of hydrogen-bond acceptors (Lipinski definition) is 8. The third-order valence-corrected chi connectivity index (χ3v) is 4.01. The zero-order chi connectivity index (χ0) is 17.9. The number of rotatable bonds is 6. The Morgan fingerprint density at radius 3 is 2.21 bits per heavy atom. The first-order valence-electron chi connectivity index (χ1n) is 7.67. The third-order valence-electron chi connectivity index (χ3n) is 4.01. The van der Waals surface area contributed by atoms with Gasteiger partial charge in [0.25, 0.3) is 0 Å². The summed E-state index contributed by atoms with van der Waals surface area (Å²) in [4.78, 5) is 0. The fourth-order valence-electron chi connectivity index (χ4n) is 2.59. The molecule has 7 atom stereocenters. The Morgan fingerprint density at radius 2 is 1.71 bits per heavy atom. The van der Waals surface area contributed by atoms with E-state index in [-0.39, 0.29) is 0 Å². The summed E-state index contributed by atoms with van der Waals surface area (Å²) in [6, 6.07) is 6.78. The molecule has 0 spiro atoms. The molecule has 0 amide bonds. The van der Waals surface area contributed by atoms with Crippen LogP contribution in [-0.4, -0.2) is 76.1 Å². The fraction of sp³-hybridized carbons (Fsp3) is 0.625. The Labute approximate surface area is 139 Å². The summed E-state index contributed by atoms with van der Waals surface area (Å²) in [7, 11) is 1.53. The average molecular weight is 344 g/mol. The standard InChI is InChI=1S/C16H24O8/c1-8(18)15(9-3-5-10(22-2)6-4-9)24-16-14(21)13(20)12(19)11(7-17)23-16/h3-6,8,11-21H,7H2,1-2H3/t8-,11-,12-,13+,14-,15+,16+/m0/s1. The molecule has 8 heteroatoms. The highest BCUT2D eigenvalue weighted by Gasteiger charge is 2.45. The summed E-state index contributed by atoms with van der Waals surface area (Å²) in [6.45, 7) is 0.964. The summed E-state index contributed by atoms with van der Waals surface area (Å²) in [5, 5.41) is 48.8. The molecule has 8 nitrogen and oxygen atoms in total. The largest absolute Gasteiger partial charge is 0.497 e. The van der Waals surface area contributed by atoms with Crippen LogP contribution in [0.25, 0.3) is 0 Å². The van der Waals surface area contributed by atoms with Crippen LogP contribution >= 0.6 is 0 Å². The van der Waals surface area contributed by atoms with Crippen LogP contribution in [0.15, 0.2) is 24.3 Å². The van der Waals surface area contributed by atoms with Gasteiger partial charge in [-0.25, -0.2) is 0 Å². The maximum Gasteiger partial charge on any atom is 0.187 e. The van der Waals surface area contributed by atoms with Crippen molar-refractivity contribution in [1.82, 2.24) is 0 Å². The molecule has 1 saturated heterocycles. The van der Waals surface area contributed by atoms with Crippen molar-refractivity contribution in [3.63, 3.8) is 0 Å². The van der Waals surface area contributed by atoms with Crippen LogP contribution in [0.4, 0.5) is 0 Å².